The predicted molar refractivity (Wildman–Crippen MR) is 88.0 cm³/mol. The second-order valence-electron chi connectivity index (χ2n) is 5.33. The minimum Gasteiger partial charge on any atom is -0.391 e. The summed E-state index contributed by atoms with van der Waals surface area (Å²) >= 11 is 0. The van der Waals surface area contributed by atoms with Crippen molar-refractivity contribution >= 4 is 17.0 Å². The maximum Gasteiger partial charge on any atom is 0.440 e. The smallest absolute Gasteiger partial charge is 0.391 e. The summed E-state index contributed by atoms with van der Waals surface area (Å²) in [7, 11) is 3.46. The molecule has 0 bridgehead atoms. The molecule has 0 atom stereocenters. The van der Waals surface area contributed by atoms with Crippen LogP contribution in [0.4, 0.5) is 0 Å². The highest BCUT2D eigenvalue weighted by atomic mass is 32.8. The summed E-state index contributed by atoms with van der Waals surface area (Å²) in [6.07, 6.45) is 0.625. The zero-order chi connectivity index (χ0) is 17.2. The Bertz CT molecular complexity index is 288. The molecule has 21 heavy (non-hydrogen) atoms. The van der Waals surface area contributed by atoms with E-state index in [0.29, 0.717) is 6.42 Å². The molecule has 7 nitrogen and oxygen atoms in total. The summed E-state index contributed by atoms with van der Waals surface area (Å²) in [4.78, 5) is 18.4. The molecule has 132 valence electrons. The van der Waals surface area contributed by atoms with E-state index in [9.17, 15) is 14.4 Å². The molecule has 0 rings (SSSR count). The summed E-state index contributed by atoms with van der Waals surface area (Å²) in [5.41, 5.74) is 0. The van der Waals surface area contributed by atoms with Gasteiger partial charge in [0, 0.05) is 5.75 Å². The highest BCUT2D eigenvalue weighted by molar-refractivity contribution is 8.71. The van der Waals surface area contributed by atoms with Crippen molar-refractivity contribution < 1.29 is 32.3 Å². The second-order valence-corrected chi connectivity index (χ2v) is 11.4. The summed E-state index contributed by atoms with van der Waals surface area (Å²) in [6.45, 7) is 2.54. The zero-order valence-electron chi connectivity index (χ0n) is 14.1. The van der Waals surface area contributed by atoms with Crippen LogP contribution in [0.2, 0.25) is 0 Å². The van der Waals surface area contributed by atoms with E-state index >= 15 is 0 Å². The number of aliphatic hydroxyl groups excluding tert-OH is 1. The van der Waals surface area contributed by atoms with Gasteiger partial charge in [0.05, 0.1) is 41.0 Å². The van der Waals surface area contributed by atoms with Gasteiger partial charge in [-0.3, -0.25) is 8.37 Å². The Morgan fingerprint density at radius 2 is 1.48 bits per heavy atom. The van der Waals surface area contributed by atoms with Gasteiger partial charge in [0.2, 0.25) is 0 Å². The molecule has 0 saturated carbocycles. The molecule has 9 heteroatoms. The monoisotopic (exact) mass is 350 g/mol. The lowest BCUT2D eigenvalue weighted by Gasteiger charge is -2.41. The number of quaternary nitrogens is 1. The SMILES string of the molecule is CCCS(OCC)(OCC)P(=O)(O)O.C[N+](C)(C)CCO. The number of hydrogen-bond donors (Lipinski definition) is 3. The molecule has 0 aliphatic carbocycles. The molecule has 0 heterocycles. The van der Waals surface area contributed by atoms with E-state index in [4.69, 9.17) is 13.5 Å². The Kier molecular flexibility index (Phi) is 12.3. The first-order valence-corrected chi connectivity index (χ1v) is 10.9. The molecular formula is C12H33NO6PS+. The Balaban J connectivity index is 0. The fourth-order valence-corrected chi connectivity index (χ4v) is 6.12. The Labute approximate surface area is 130 Å². The third-order valence-electron chi connectivity index (χ3n) is 2.20. The largest absolute Gasteiger partial charge is 0.440 e. The van der Waals surface area contributed by atoms with Gasteiger partial charge >= 0.3 is 6.80 Å². The Morgan fingerprint density at radius 1 is 1.05 bits per heavy atom. The predicted octanol–water partition coefficient (Wildman–Crippen LogP) is 1.88. The minimum atomic E-state index is -4.32. The van der Waals surface area contributed by atoms with E-state index in [1.807, 2.05) is 6.92 Å². The van der Waals surface area contributed by atoms with E-state index in [0.717, 1.165) is 11.0 Å². The van der Waals surface area contributed by atoms with Crippen LogP contribution in [-0.2, 0) is 12.9 Å². The first kappa shape index (κ1) is 23.6. The highest BCUT2D eigenvalue weighted by Gasteiger charge is 2.39. The maximum absolute atomic E-state index is 11.3. The summed E-state index contributed by atoms with van der Waals surface area (Å²) in [5, 5.41) is 8.39. The lowest BCUT2D eigenvalue weighted by molar-refractivity contribution is -0.870. The van der Waals surface area contributed by atoms with Crippen LogP contribution in [0.5, 0.6) is 0 Å². The molecule has 0 aromatic rings. The Morgan fingerprint density at radius 3 is 1.62 bits per heavy atom. The molecule has 0 spiro atoms. The molecule has 0 aliphatic heterocycles. The fourth-order valence-electron chi connectivity index (χ4n) is 1.33. The van der Waals surface area contributed by atoms with Crippen molar-refractivity contribution in [1.29, 1.82) is 0 Å². The molecule has 0 fully saturated rings. The molecule has 3 N–H and O–H groups in total. The van der Waals surface area contributed by atoms with Gasteiger partial charge in [-0.25, -0.2) is 4.57 Å². The van der Waals surface area contributed by atoms with E-state index in [1.165, 1.54) is 0 Å². The third-order valence-corrected chi connectivity index (χ3v) is 8.41. The van der Waals surface area contributed by atoms with Crippen molar-refractivity contribution in [3.8, 4) is 0 Å². The quantitative estimate of drug-likeness (QED) is 0.434. The normalized spacial score (nSPS) is 13.6. The average Bonchev–Trinajstić information content (AvgIpc) is 2.27. The van der Waals surface area contributed by atoms with Crippen molar-refractivity contribution in [2.75, 3.05) is 53.3 Å². The summed E-state index contributed by atoms with van der Waals surface area (Å²) < 4.78 is 22.5. The lowest BCUT2D eigenvalue weighted by Crippen LogP contribution is -2.36. The average molecular weight is 350 g/mol. The van der Waals surface area contributed by atoms with E-state index in [2.05, 4.69) is 21.1 Å². The molecule has 0 radical (unpaired) electrons. The van der Waals surface area contributed by atoms with E-state index in [-0.39, 0.29) is 25.6 Å². The van der Waals surface area contributed by atoms with Crippen molar-refractivity contribution in [3.05, 3.63) is 0 Å². The van der Waals surface area contributed by atoms with Gasteiger partial charge in [-0.15, -0.1) is 0 Å². The van der Waals surface area contributed by atoms with Crippen molar-refractivity contribution in [3.63, 3.8) is 0 Å². The van der Waals surface area contributed by atoms with Gasteiger partial charge in [0.1, 0.15) is 6.54 Å². The Hall–Kier alpha value is 0.340. The number of likely N-dealkylation sites (N-methyl/N-ethyl adjacent to an activating group) is 1. The molecule has 0 aromatic heterocycles. The van der Waals surface area contributed by atoms with Crippen LogP contribution in [-0.4, -0.2) is 72.6 Å². The third kappa shape index (κ3) is 10.7. The van der Waals surface area contributed by atoms with Crippen molar-refractivity contribution in [1.82, 2.24) is 0 Å². The molecule has 0 aromatic carbocycles. The molecule has 0 amide bonds. The standard InChI is InChI=1S/C7H19O5PS.C5H14NO/c1-4-7-14(11-5-2,12-6-3)13(8,9)10;1-6(2,3)4-5-7/h4-7H2,1-3H3,(H2,8,9,10);7H,4-5H2,1-3H3/q;+1. The van der Waals surface area contributed by atoms with Crippen molar-refractivity contribution in [2.24, 2.45) is 0 Å². The van der Waals surface area contributed by atoms with E-state index < -0.39 is 17.0 Å². The van der Waals surface area contributed by atoms with Crippen LogP contribution in [0.1, 0.15) is 27.2 Å². The molecule has 0 saturated heterocycles. The zero-order valence-corrected chi connectivity index (χ0v) is 15.8. The first-order chi connectivity index (χ1) is 9.49. The summed E-state index contributed by atoms with van der Waals surface area (Å²) in [6, 6.07) is 0. The number of nitrogens with zero attached hydrogens (tertiary/aromatic N) is 1. The lowest BCUT2D eigenvalue weighted by atomic mass is 10.5. The molecular weight excluding hydrogens is 317 g/mol. The number of hydrogen-bond acceptors (Lipinski definition) is 4. The van der Waals surface area contributed by atoms with Crippen LogP contribution >= 0.6 is 17.0 Å². The van der Waals surface area contributed by atoms with Gasteiger partial charge in [0.25, 0.3) is 0 Å². The number of rotatable bonds is 9. The molecule has 0 aliphatic rings. The first-order valence-electron chi connectivity index (χ1n) is 7.06. The van der Waals surface area contributed by atoms with E-state index in [1.54, 1.807) is 13.8 Å². The van der Waals surface area contributed by atoms with Crippen LogP contribution in [0.3, 0.4) is 0 Å². The van der Waals surface area contributed by atoms with Crippen molar-refractivity contribution in [2.45, 2.75) is 27.2 Å². The van der Waals surface area contributed by atoms with Gasteiger partial charge in [-0.2, -0.15) is 0 Å². The minimum absolute atomic E-state index is 0.250. The topological polar surface area (TPSA) is 96.2 Å². The summed E-state index contributed by atoms with van der Waals surface area (Å²) in [5.74, 6) is 0.277. The van der Waals surface area contributed by atoms with Crippen LogP contribution in [0, 0.1) is 0 Å². The fraction of sp³-hybridized carbons (Fsp3) is 1.00. The van der Waals surface area contributed by atoms with Gasteiger partial charge in [0.15, 0.2) is 0 Å². The van der Waals surface area contributed by atoms with Gasteiger partial charge < -0.3 is 19.4 Å². The van der Waals surface area contributed by atoms with Crippen LogP contribution in [0.25, 0.3) is 0 Å². The van der Waals surface area contributed by atoms with Gasteiger partial charge in [-0.05, 0) is 20.3 Å². The number of aliphatic hydroxyl groups is 1. The van der Waals surface area contributed by atoms with Crippen LogP contribution < -0.4 is 0 Å². The van der Waals surface area contributed by atoms with Crippen LogP contribution in [0.15, 0.2) is 0 Å². The highest BCUT2D eigenvalue weighted by Crippen LogP contribution is 2.78. The van der Waals surface area contributed by atoms with Gasteiger partial charge in [-0.1, -0.05) is 17.1 Å². The molecule has 0 unspecified atom stereocenters. The second kappa shape index (κ2) is 11.0. The maximum atomic E-state index is 11.3.